The lowest BCUT2D eigenvalue weighted by Crippen LogP contribution is -2.10. The molecule has 11 aromatic carbocycles. The molecular weight excluding hydrogens is 1010 g/mol. The van der Waals surface area contributed by atoms with E-state index in [9.17, 15) is 0 Å². The highest BCUT2D eigenvalue weighted by molar-refractivity contribution is 6.22. The summed E-state index contributed by atoms with van der Waals surface area (Å²) in [6.07, 6.45) is 0. The van der Waals surface area contributed by atoms with E-state index in [0.717, 1.165) is 0 Å². The van der Waals surface area contributed by atoms with Crippen LogP contribution in [0.2, 0.25) is 0 Å². The molecule has 2 nitrogen and oxygen atoms in total. The van der Waals surface area contributed by atoms with Crippen LogP contribution in [-0.2, 0) is 27.1 Å². The van der Waals surface area contributed by atoms with E-state index in [4.69, 9.17) is 0 Å². The first-order valence-corrected chi connectivity index (χ1v) is 30.4. The molecule has 418 valence electrons. The van der Waals surface area contributed by atoms with Crippen molar-refractivity contribution in [2.24, 2.45) is 0 Å². The fraction of sp³-hybridized carbons (Fsp3) is 0.244. The van der Waals surface area contributed by atoms with Crippen molar-refractivity contribution in [2.45, 2.75) is 131 Å². The van der Waals surface area contributed by atoms with Crippen LogP contribution < -0.4 is 0 Å². The molecular formula is C82H80N2. The lowest BCUT2D eigenvalue weighted by molar-refractivity contribution is 0.590. The molecule has 13 rings (SSSR count). The Balaban J connectivity index is 0.848. The maximum atomic E-state index is 2.47. The van der Waals surface area contributed by atoms with Gasteiger partial charge in [0.25, 0.3) is 0 Å². The summed E-state index contributed by atoms with van der Waals surface area (Å²) in [5.41, 5.74) is 24.0. The third kappa shape index (κ3) is 9.53. The Morgan fingerprint density at radius 1 is 0.202 bits per heavy atom. The largest absolute Gasteiger partial charge is 0.309 e. The number of benzene rings is 11. The summed E-state index contributed by atoms with van der Waals surface area (Å²) in [5, 5.41) is 10.3. The molecule has 0 radical (unpaired) electrons. The van der Waals surface area contributed by atoms with Gasteiger partial charge in [-0.05, 0) is 200 Å². The molecule has 0 aliphatic heterocycles. The summed E-state index contributed by atoms with van der Waals surface area (Å²) in [6.45, 7) is 34.6. The Kier molecular flexibility index (Phi) is 12.8. The van der Waals surface area contributed by atoms with Crippen LogP contribution >= 0.6 is 0 Å². The van der Waals surface area contributed by atoms with Crippen LogP contribution in [0.1, 0.15) is 132 Å². The van der Waals surface area contributed by atoms with Crippen LogP contribution in [0.4, 0.5) is 0 Å². The minimum atomic E-state index is -0.0262. The molecule has 0 spiro atoms. The van der Waals surface area contributed by atoms with E-state index in [-0.39, 0.29) is 27.1 Å². The normalized spacial score (nSPS) is 12.9. The van der Waals surface area contributed by atoms with E-state index in [0.29, 0.717) is 0 Å². The predicted molar refractivity (Wildman–Crippen MR) is 365 cm³/mol. The SMILES string of the molecule is CC(C)(C)c1ccc2c(-c3ccc(-c4ccc(-n5c6ccc(C(C)(C)C)cc6c6cc(C(C)(C)C)ccc65)cc4)cc3)c3ccccc3c(-c3ccc(-c4ccc(-n5c6ccc(C(C)(C)C)cc6c6cc(C(C)(C)C)ccc65)cc4)cc3)c2c1. The van der Waals surface area contributed by atoms with Gasteiger partial charge in [-0.25, -0.2) is 0 Å². The Hall–Kier alpha value is -8.46. The highest BCUT2D eigenvalue weighted by Crippen LogP contribution is 2.47. The van der Waals surface area contributed by atoms with Gasteiger partial charge in [0.15, 0.2) is 0 Å². The van der Waals surface area contributed by atoms with Gasteiger partial charge in [0.1, 0.15) is 0 Å². The number of fused-ring (bicyclic) bond motifs is 8. The smallest absolute Gasteiger partial charge is 0.0541 e. The molecule has 0 saturated heterocycles. The van der Waals surface area contributed by atoms with Gasteiger partial charge >= 0.3 is 0 Å². The number of hydrogen-bond acceptors (Lipinski definition) is 0. The second kappa shape index (κ2) is 19.6. The first kappa shape index (κ1) is 54.8. The van der Waals surface area contributed by atoms with E-state index in [1.807, 2.05) is 0 Å². The number of nitrogens with zero attached hydrogens (tertiary/aromatic N) is 2. The van der Waals surface area contributed by atoms with E-state index < -0.39 is 0 Å². The first-order valence-electron chi connectivity index (χ1n) is 30.4. The van der Waals surface area contributed by atoms with E-state index >= 15 is 0 Å². The van der Waals surface area contributed by atoms with Crippen molar-refractivity contribution in [1.29, 1.82) is 0 Å². The molecule has 0 bridgehead atoms. The zero-order valence-electron chi connectivity index (χ0n) is 52.1. The topological polar surface area (TPSA) is 9.86 Å². The van der Waals surface area contributed by atoms with Crippen LogP contribution in [0.15, 0.2) is 212 Å². The average molecular weight is 1090 g/mol. The molecule has 0 amide bonds. The van der Waals surface area contributed by atoms with Crippen molar-refractivity contribution >= 4 is 65.2 Å². The van der Waals surface area contributed by atoms with Gasteiger partial charge in [0.05, 0.1) is 22.1 Å². The second-order valence-electron chi connectivity index (χ2n) is 29.2. The highest BCUT2D eigenvalue weighted by Gasteiger charge is 2.25. The first-order chi connectivity index (χ1) is 39.8. The molecule has 0 fully saturated rings. The molecule has 0 unspecified atom stereocenters. The molecule has 2 aromatic heterocycles. The van der Waals surface area contributed by atoms with Crippen molar-refractivity contribution in [3.8, 4) is 55.9 Å². The van der Waals surface area contributed by atoms with E-state index in [1.165, 1.54) is 149 Å². The predicted octanol–water partition coefficient (Wildman–Crippen LogP) is 23.3. The average Bonchev–Trinajstić information content (AvgIpc) is 1.39. The van der Waals surface area contributed by atoms with Crippen molar-refractivity contribution in [3.63, 3.8) is 0 Å². The summed E-state index contributed by atoms with van der Waals surface area (Å²) in [4.78, 5) is 0. The van der Waals surface area contributed by atoms with Gasteiger partial charge in [0.2, 0.25) is 0 Å². The fourth-order valence-corrected chi connectivity index (χ4v) is 13.0. The minimum absolute atomic E-state index is 0.0262. The number of rotatable bonds is 6. The van der Waals surface area contributed by atoms with Crippen molar-refractivity contribution < 1.29 is 0 Å². The molecule has 0 atom stereocenters. The maximum absolute atomic E-state index is 2.47. The zero-order valence-corrected chi connectivity index (χ0v) is 52.1. The number of hydrogen-bond donors (Lipinski definition) is 0. The Bertz CT molecular complexity index is 4570. The molecule has 0 aliphatic rings. The maximum Gasteiger partial charge on any atom is 0.0541 e. The highest BCUT2D eigenvalue weighted by atomic mass is 15.0. The lowest BCUT2D eigenvalue weighted by atomic mass is 9.81. The van der Waals surface area contributed by atoms with Gasteiger partial charge in [-0.2, -0.15) is 0 Å². The lowest BCUT2D eigenvalue weighted by Gasteiger charge is -2.23. The summed E-state index contributed by atoms with van der Waals surface area (Å²) >= 11 is 0. The van der Waals surface area contributed by atoms with Gasteiger partial charge < -0.3 is 9.13 Å². The summed E-state index contributed by atoms with van der Waals surface area (Å²) in [5.74, 6) is 0. The standard InChI is InChI=1S/C82H80N2/c1-78(2,3)57-32-41-66-71(50-57)77(56-26-22-52(23-27-56)54-30-39-63(40-31-54)84-74-44-35-60(81(10,11)12)48-69(74)70-49-61(82(13,14)15)36-45-75(70)84)65-19-17-16-18-64(65)76(66)55-24-20-51(21-25-55)53-28-37-62(38-29-53)83-72-42-33-58(79(4,5)6)46-67(72)68-47-59(80(7,8)9)34-43-73(68)83/h16-50H,1-15H3. The Morgan fingerprint density at radius 3 is 0.714 bits per heavy atom. The van der Waals surface area contributed by atoms with Crippen LogP contribution in [0.5, 0.6) is 0 Å². The summed E-state index contributed by atoms with van der Waals surface area (Å²) < 4.78 is 4.90. The molecule has 2 heterocycles. The Morgan fingerprint density at radius 2 is 0.429 bits per heavy atom. The second-order valence-corrected chi connectivity index (χ2v) is 29.2. The van der Waals surface area contributed by atoms with Crippen LogP contribution in [-0.4, -0.2) is 9.13 Å². The van der Waals surface area contributed by atoms with E-state index in [1.54, 1.807) is 0 Å². The van der Waals surface area contributed by atoms with Crippen LogP contribution in [0.25, 0.3) is 121 Å². The summed E-state index contributed by atoms with van der Waals surface area (Å²) in [6, 6.07) is 81.5. The molecule has 13 aromatic rings. The molecule has 0 aliphatic carbocycles. The fourth-order valence-electron chi connectivity index (χ4n) is 13.0. The Labute approximate surface area is 498 Å². The molecule has 0 saturated carbocycles. The molecule has 84 heavy (non-hydrogen) atoms. The van der Waals surface area contributed by atoms with Crippen molar-refractivity contribution in [2.75, 3.05) is 0 Å². The molecule has 2 heteroatoms. The van der Waals surface area contributed by atoms with Crippen molar-refractivity contribution in [3.05, 3.63) is 240 Å². The van der Waals surface area contributed by atoms with Gasteiger partial charge in [-0.1, -0.05) is 237 Å². The third-order valence-electron chi connectivity index (χ3n) is 18.1. The number of aromatic nitrogens is 2. The molecule has 0 N–H and O–H groups in total. The zero-order chi connectivity index (χ0) is 59.0. The van der Waals surface area contributed by atoms with Crippen molar-refractivity contribution in [1.82, 2.24) is 9.13 Å². The third-order valence-corrected chi connectivity index (χ3v) is 18.1. The van der Waals surface area contributed by atoms with Gasteiger partial charge in [0, 0.05) is 32.9 Å². The quantitative estimate of drug-likeness (QED) is 0.147. The van der Waals surface area contributed by atoms with Gasteiger partial charge in [-0.3, -0.25) is 0 Å². The summed E-state index contributed by atoms with van der Waals surface area (Å²) in [7, 11) is 0. The monoisotopic (exact) mass is 1090 g/mol. The van der Waals surface area contributed by atoms with E-state index in [2.05, 4.69) is 325 Å². The van der Waals surface area contributed by atoms with Crippen LogP contribution in [0, 0.1) is 0 Å². The van der Waals surface area contributed by atoms with Crippen LogP contribution in [0.3, 0.4) is 0 Å². The minimum Gasteiger partial charge on any atom is -0.309 e. The van der Waals surface area contributed by atoms with Gasteiger partial charge in [-0.15, -0.1) is 0 Å².